The van der Waals surface area contributed by atoms with Crippen LogP contribution in [0.2, 0.25) is 0 Å². The molecule has 0 unspecified atom stereocenters. The number of carbonyl (C=O) groups is 1. The van der Waals surface area contributed by atoms with Crippen molar-refractivity contribution >= 4 is 21.4 Å². The van der Waals surface area contributed by atoms with Gasteiger partial charge in [0.1, 0.15) is 11.5 Å². The molecule has 0 aliphatic rings. The van der Waals surface area contributed by atoms with Crippen LogP contribution < -0.4 is 10.1 Å². The Morgan fingerprint density at radius 2 is 1.39 bits per heavy atom. The maximum Gasteiger partial charge on any atom is 0.221 e. The maximum atomic E-state index is 12.8. The third kappa shape index (κ3) is 5.44. The number of amides is 1. The van der Waals surface area contributed by atoms with Gasteiger partial charge >= 0.3 is 0 Å². The Balaban J connectivity index is 1.81. The largest absolute Gasteiger partial charge is 0.457 e. The van der Waals surface area contributed by atoms with E-state index in [1.165, 1.54) is 6.92 Å². The molecule has 6 heteroatoms. The lowest BCUT2D eigenvalue weighted by Gasteiger charge is -2.13. The number of ether oxygens (including phenoxy) is 1. The van der Waals surface area contributed by atoms with Crippen molar-refractivity contribution in [2.75, 3.05) is 5.32 Å². The standard InChI is InChI=1S/C22H21NO4S/c1-17(24)23-21-13-7-5-9-18(21)15-28(25,26)16-19-10-6-8-14-22(19)27-20-11-3-2-4-12-20/h2-14H,15-16H2,1H3,(H,23,24). The smallest absolute Gasteiger partial charge is 0.221 e. The lowest BCUT2D eigenvalue weighted by molar-refractivity contribution is -0.114. The number of sulfone groups is 1. The fraction of sp³-hybridized carbons (Fsp3) is 0.136. The predicted molar refractivity (Wildman–Crippen MR) is 110 cm³/mol. The lowest BCUT2D eigenvalue weighted by atomic mass is 10.2. The minimum absolute atomic E-state index is 0.162. The van der Waals surface area contributed by atoms with Crippen LogP contribution in [0.25, 0.3) is 0 Å². The summed E-state index contributed by atoms with van der Waals surface area (Å²) in [7, 11) is -3.49. The molecule has 3 aromatic rings. The topological polar surface area (TPSA) is 72.5 Å². The molecule has 0 aromatic heterocycles. The highest BCUT2D eigenvalue weighted by Crippen LogP contribution is 2.28. The molecular formula is C22H21NO4S. The average Bonchev–Trinajstić information content (AvgIpc) is 2.65. The molecule has 1 N–H and O–H groups in total. The van der Waals surface area contributed by atoms with Crippen LogP contribution in [0.5, 0.6) is 11.5 Å². The van der Waals surface area contributed by atoms with E-state index < -0.39 is 9.84 Å². The molecule has 28 heavy (non-hydrogen) atoms. The van der Waals surface area contributed by atoms with E-state index in [2.05, 4.69) is 5.32 Å². The van der Waals surface area contributed by atoms with Crippen molar-refractivity contribution in [1.29, 1.82) is 0 Å². The minimum Gasteiger partial charge on any atom is -0.457 e. The quantitative estimate of drug-likeness (QED) is 0.637. The van der Waals surface area contributed by atoms with E-state index in [-0.39, 0.29) is 17.4 Å². The Bertz CT molecular complexity index is 1060. The average molecular weight is 395 g/mol. The van der Waals surface area contributed by atoms with Crippen molar-refractivity contribution in [3.05, 3.63) is 90.0 Å². The summed E-state index contributed by atoms with van der Waals surface area (Å²) in [6, 6.07) is 23.2. The molecule has 0 saturated carbocycles. The van der Waals surface area contributed by atoms with Crippen molar-refractivity contribution in [2.24, 2.45) is 0 Å². The van der Waals surface area contributed by atoms with Crippen LogP contribution in [-0.2, 0) is 26.1 Å². The molecule has 3 aromatic carbocycles. The van der Waals surface area contributed by atoms with Gasteiger partial charge in [-0.05, 0) is 29.8 Å². The SMILES string of the molecule is CC(=O)Nc1ccccc1CS(=O)(=O)Cc1ccccc1Oc1ccccc1. The van der Waals surface area contributed by atoms with Gasteiger partial charge in [-0.2, -0.15) is 0 Å². The van der Waals surface area contributed by atoms with Gasteiger partial charge < -0.3 is 10.1 Å². The number of carbonyl (C=O) groups excluding carboxylic acids is 1. The van der Waals surface area contributed by atoms with E-state index in [4.69, 9.17) is 4.74 Å². The van der Waals surface area contributed by atoms with Crippen molar-refractivity contribution in [3.63, 3.8) is 0 Å². The second-order valence-corrected chi connectivity index (χ2v) is 8.46. The highest BCUT2D eigenvalue weighted by Gasteiger charge is 2.18. The second kappa shape index (κ2) is 8.71. The number of anilines is 1. The number of para-hydroxylation sites is 3. The molecule has 3 rings (SSSR count). The van der Waals surface area contributed by atoms with Gasteiger partial charge in [-0.25, -0.2) is 8.42 Å². The molecule has 0 radical (unpaired) electrons. The summed E-state index contributed by atoms with van der Waals surface area (Å²) < 4.78 is 31.5. The summed E-state index contributed by atoms with van der Waals surface area (Å²) in [6.07, 6.45) is 0. The summed E-state index contributed by atoms with van der Waals surface area (Å²) in [5.41, 5.74) is 1.65. The molecule has 0 atom stereocenters. The Labute approximate surface area is 164 Å². The minimum atomic E-state index is -3.49. The van der Waals surface area contributed by atoms with Gasteiger partial charge in [0.2, 0.25) is 5.91 Å². The Morgan fingerprint density at radius 1 is 0.821 bits per heavy atom. The van der Waals surface area contributed by atoms with E-state index in [1.54, 1.807) is 48.5 Å². The van der Waals surface area contributed by atoms with Crippen molar-refractivity contribution in [1.82, 2.24) is 0 Å². The number of rotatable bonds is 7. The van der Waals surface area contributed by atoms with Gasteiger partial charge in [0.25, 0.3) is 0 Å². The molecule has 0 fully saturated rings. The molecule has 0 spiro atoms. The second-order valence-electron chi connectivity index (χ2n) is 6.39. The van der Waals surface area contributed by atoms with Crippen molar-refractivity contribution in [3.8, 4) is 11.5 Å². The number of nitrogens with one attached hydrogen (secondary N) is 1. The first-order valence-electron chi connectivity index (χ1n) is 8.80. The highest BCUT2D eigenvalue weighted by molar-refractivity contribution is 7.89. The third-order valence-corrected chi connectivity index (χ3v) is 5.52. The van der Waals surface area contributed by atoms with Crippen LogP contribution in [0.3, 0.4) is 0 Å². The third-order valence-electron chi connectivity index (χ3n) is 4.02. The first kappa shape index (κ1) is 19.6. The summed E-state index contributed by atoms with van der Waals surface area (Å²) >= 11 is 0. The zero-order valence-electron chi connectivity index (χ0n) is 15.5. The van der Waals surface area contributed by atoms with Gasteiger partial charge in [-0.15, -0.1) is 0 Å². The van der Waals surface area contributed by atoms with E-state index in [0.717, 1.165) is 0 Å². The van der Waals surface area contributed by atoms with E-state index >= 15 is 0 Å². The molecule has 0 bridgehead atoms. The van der Waals surface area contributed by atoms with Gasteiger partial charge in [0, 0.05) is 18.2 Å². The number of hydrogen-bond donors (Lipinski definition) is 1. The highest BCUT2D eigenvalue weighted by atomic mass is 32.2. The van der Waals surface area contributed by atoms with Crippen LogP contribution in [0.15, 0.2) is 78.9 Å². The summed E-state index contributed by atoms with van der Waals surface area (Å²) in [5.74, 6) is 0.565. The molecular weight excluding hydrogens is 374 g/mol. The van der Waals surface area contributed by atoms with E-state index in [9.17, 15) is 13.2 Å². The molecule has 0 heterocycles. The zero-order valence-corrected chi connectivity index (χ0v) is 16.3. The molecule has 0 aliphatic heterocycles. The Kier molecular flexibility index (Phi) is 6.11. The fourth-order valence-corrected chi connectivity index (χ4v) is 4.36. The molecule has 0 saturated heterocycles. The molecule has 144 valence electrons. The monoisotopic (exact) mass is 395 g/mol. The van der Waals surface area contributed by atoms with Crippen LogP contribution in [0, 0.1) is 0 Å². The molecule has 0 aliphatic carbocycles. The summed E-state index contributed by atoms with van der Waals surface area (Å²) in [6.45, 7) is 1.39. The number of hydrogen-bond acceptors (Lipinski definition) is 4. The van der Waals surface area contributed by atoms with Gasteiger partial charge in [0.05, 0.1) is 11.5 Å². The normalized spacial score (nSPS) is 11.0. The van der Waals surface area contributed by atoms with Crippen molar-refractivity contribution in [2.45, 2.75) is 18.4 Å². The first-order valence-corrected chi connectivity index (χ1v) is 10.6. The zero-order chi connectivity index (χ0) is 20.0. The number of benzene rings is 3. The van der Waals surface area contributed by atoms with E-state index in [1.807, 2.05) is 30.3 Å². The Morgan fingerprint density at radius 3 is 2.11 bits per heavy atom. The van der Waals surface area contributed by atoms with Crippen LogP contribution in [-0.4, -0.2) is 14.3 Å². The van der Waals surface area contributed by atoms with E-state index in [0.29, 0.717) is 28.3 Å². The van der Waals surface area contributed by atoms with Crippen molar-refractivity contribution < 1.29 is 17.9 Å². The fourth-order valence-electron chi connectivity index (χ4n) is 2.82. The summed E-state index contributed by atoms with van der Waals surface area (Å²) in [5, 5.41) is 2.68. The summed E-state index contributed by atoms with van der Waals surface area (Å²) in [4.78, 5) is 11.4. The molecule has 5 nitrogen and oxygen atoms in total. The van der Waals surface area contributed by atoms with Crippen LogP contribution in [0.1, 0.15) is 18.1 Å². The molecule has 1 amide bonds. The predicted octanol–water partition coefficient (Wildman–Crippen LogP) is 4.55. The van der Waals surface area contributed by atoms with Gasteiger partial charge in [0.15, 0.2) is 9.84 Å². The van der Waals surface area contributed by atoms with Crippen LogP contribution >= 0.6 is 0 Å². The maximum absolute atomic E-state index is 12.8. The Hall–Kier alpha value is -3.12. The first-order chi connectivity index (χ1) is 13.4. The lowest BCUT2D eigenvalue weighted by Crippen LogP contribution is -2.12. The van der Waals surface area contributed by atoms with Gasteiger partial charge in [-0.1, -0.05) is 54.6 Å². The van der Waals surface area contributed by atoms with Gasteiger partial charge in [-0.3, -0.25) is 4.79 Å². The van der Waals surface area contributed by atoms with Crippen LogP contribution in [0.4, 0.5) is 5.69 Å².